The van der Waals surface area contributed by atoms with Gasteiger partial charge in [0.2, 0.25) is 5.91 Å². The smallest absolute Gasteiger partial charge is 0.237 e. The van der Waals surface area contributed by atoms with Crippen LogP contribution in [0.1, 0.15) is 12.5 Å². The second kappa shape index (κ2) is 6.46. The summed E-state index contributed by atoms with van der Waals surface area (Å²) < 4.78 is 2.02. The molecule has 5 heteroatoms. The quantitative estimate of drug-likeness (QED) is 0.738. The number of fused-ring (bicyclic) bond motifs is 1. The number of benzene rings is 2. The van der Waals surface area contributed by atoms with Gasteiger partial charge in [0.1, 0.15) is 0 Å². The molecule has 3 rings (SSSR count). The van der Waals surface area contributed by atoms with Crippen molar-refractivity contribution < 1.29 is 4.79 Å². The van der Waals surface area contributed by atoms with E-state index in [1.165, 1.54) is 11.8 Å². The number of amides is 1. The minimum Gasteiger partial charge on any atom is -0.325 e. The Morgan fingerprint density at radius 3 is 2.74 bits per heavy atom. The number of nitrogens with one attached hydrogen (secondary N) is 1. The van der Waals surface area contributed by atoms with Crippen molar-refractivity contribution >= 4 is 34.4 Å². The molecule has 1 N–H and O–H groups in total. The molecule has 0 aliphatic heterocycles. The Balaban J connectivity index is 1.73. The number of thioether (sulfide) groups is 1. The lowest BCUT2D eigenvalue weighted by molar-refractivity contribution is -0.115. The van der Waals surface area contributed by atoms with Crippen LogP contribution < -0.4 is 5.32 Å². The molecule has 1 atom stereocenters. The lowest BCUT2D eigenvalue weighted by atomic mass is 10.2. The van der Waals surface area contributed by atoms with Gasteiger partial charge in [-0.05, 0) is 43.7 Å². The first-order chi connectivity index (χ1) is 11.0. The Hall–Kier alpha value is -2.27. The van der Waals surface area contributed by atoms with E-state index in [1.54, 1.807) is 0 Å². The van der Waals surface area contributed by atoms with Gasteiger partial charge in [-0.25, -0.2) is 4.98 Å². The lowest BCUT2D eigenvalue weighted by Crippen LogP contribution is -2.22. The van der Waals surface area contributed by atoms with Crippen LogP contribution in [0.15, 0.2) is 53.7 Å². The van der Waals surface area contributed by atoms with Crippen molar-refractivity contribution in [2.24, 2.45) is 7.05 Å². The molecular formula is C18H19N3OS. The van der Waals surface area contributed by atoms with E-state index in [9.17, 15) is 4.79 Å². The third kappa shape index (κ3) is 3.40. The summed E-state index contributed by atoms with van der Waals surface area (Å²) in [7, 11) is 1.98. The van der Waals surface area contributed by atoms with Gasteiger partial charge in [-0.3, -0.25) is 4.79 Å². The van der Waals surface area contributed by atoms with Crippen molar-refractivity contribution in [2.45, 2.75) is 24.3 Å². The van der Waals surface area contributed by atoms with Crippen LogP contribution in [0.2, 0.25) is 0 Å². The van der Waals surface area contributed by atoms with E-state index >= 15 is 0 Å². The normalized spacial score (nSPS) is 12.3. The van der Waals surface area contributed by atoms with Gasteiger partial charge < -0.3 is 9.88 Å². The van der Waals surface area contributed by atoms with E-state index in [0.717, 1.165) is 27.4 Å². The van der Waals surface area contributed by atoms with Gasteiger partial charge in [0, 0.05) is 12.7 Å². The maximum Gasteiger partial charge on any atom is 0.237 e. The zero-order valence-electron chi connectivity index (χ0n) is 13.4. The van der Waals surface area contributed by atoms with E-state index in [4.69, 9.17) is 0 Å². The van der Waals surface area contributed by atoms with Gasteiger partial charge in [-0.15, -0.1) is 0 Å². The van der Waals surface area contributed by atoms with Crippen LogP contribution in [-0.4, -0.2) is 20.7 Å². The van der Waals surface area contributed by atoms with Crippen LogP contribution in [0.5, 0.6) is 0 Å². The molecule has 0 aliphatic carbocycles. The summed E-state index contributed by atoms with van der Waals surface area (Å²) in [5.74, 6) is -0.0207. The second-order valence-electron chi connectivity index (χ2n) is 5.56. The Morgan fingerprint density at radius 2 is 2.00 bits per heavy atom. The maximum absolute atomic E-state index is 12.4. The summed E-state index contributed by atoms with van der Waals surface area (Å²) in [6.07, 6.45) is 0. The number of rotatable bonds is 4. The van der Waals surface area contributed by atoms with Gasteiger partial charge in [0.05, 0.1) is 16.3 Å². The molecule has 0 fully saturated rings. The Kier molecular flexibility index (Phi) is 4.39. The van der Waals surface area contributed by atoms with E-state index in [0.29, 0.717) is 0 Å². The van der Waals surface area contributed by atoms with Crippen molar-refractivity contribution in [3.63, 3.8) is 0 Å². The molecule has 118 valence electrons. The average Bonchev–Trinajstić information content (AvgIpc) is 2.84. The first-order valence-electron chi connectivity index (χ1n) is 7.50. The molecule has 0 saturated heterocycles. The SMILES string of the molecule is Cc1cccc(NC(=O)[C@H](C)Sc2nc3ccccc3n2C)c1. The highest BCUT2D eigenvalue weighted by atomic mass is 32.2. The van der Waals surface area contributed by atoms with Crippen molar-refractivity contribution in [3.05, 3.63) is 54.1 Å². The fraction of sp³-hybridized carbons (Fsp3) is 0.222. The number of anilines is 1. The predicted molar refractivity (Wildman–Crippen MR) is 95.8 cm³/mol. The minimum atomic E-state index is -0.231. The zero-order valence-corrected chi connectivity index (χ0v) is 14.2. The molecule has 1 heterocycles. The fourth-order valence-corrected chi connectivity index (χ4v) is 3.30. The van der Waals surface area contributed by atoms with E-state index in [1.807, 2.05) is 74.0 Å². The van der Waals surface area contributed by atoms with E-state index in [-0.39, 0.29) is 11.2 Å². The first kappa shape index (κ1) is 15.6. The zero-order chi connectivity index (χ0) is 16.4. The van der Waals surface area contributed by atoms with Crippen molar-refractivity contribution in [1.82, 2.24) is 9.55 Å². The molecule has 3 aromatic rings. The summed E-state index contributed by atoms with van der Waals surface area (Å²) in [5.41, 5.74) is 3.97. The number of para-hydroxylation sites is 2. The molecule has 0 saturated carbocycles. The van der Waals surface area contributed by atoms with Gasteiger partial charge >= 0.3 is 0 Å². The average molecular weight is 325 g/mol. The molecule has 0 spiro atoms. The van der Waals surface area contributed by atoms with Gasteiger partial charge in [0.25, 0.3) is 0 Å². The highest BCUT2D eigenvalue weighted by molar-refractivity contribution is 8.00. The van der Waals surface area contributed by atoms with E-state index < -0.39 is 0 Å². The number of aromatic nitrogens is 2. The minimum absolute atomic E-state index is 0.0207. The molecule has 0 bridgehead atoms. The van der Waals surface area contributed by atoms with Crippen LogP contribution >= 0.6 is 11.8 Å². The lowest BCUT2D eigenvalue weighted by Gasteiger charge is -2.12. The fourth-order valence-electron chi connectivity index (χ4n) is 2.41. The molecule has 1 aromatic heterocycles. The number of aryl methyl sites for hydroxylation is 2. The molecule has 4 nitrogen and oxygen atoms in total. The largest absolute Gasteiger partial charge is 0.325 e. The van der Waals surface area contributed by atoms with Crippen LogP contribution in [-0.2, 0) is 11.8 Å². The van der Waals surface area contributed by atoms with Crippen LogP contribution in [0.4, 0.5) is 5.69 Å². The standard InChI is InChI=1S/C18H19N3OS/c1-12-7-6-8-14(11-12)19-17(22)13(2)23-18-20-15-9-4-5-10-16(15)21(18)3/h4-11,13H,1-3H3,(H,19,22)/t13-/m0/s1. The Morgan fingerprint density at radius 1 is 1.22 bits per heavy atom. The summed E-state index contributed by atoms with van der Waals surface area (Å²) in [5, 5.41) is 3.57. The molecule has 23 heavy (non-hydrogen) atoms. The number of nitrogens with zero attached hydrogens (tertiary/aromatic N) is 2. The first-order valence-corrected chi connectivity index (χ1v) is 8.38. The molecule has 0 radical (unpaired) electrons. The Bertz CT molecular complexity index is 856. The predicted octanol–water partition coefficient (Wildman–Crippen LogP) is 4.00. The maximum atomic E-state index is 12.4. The summed E-state index contributed by atoms with van der Waals surface area (Å²) >= 11 is 1.47. The van der Waals surface area contributed by atoms with Gasteiger partial charge in [-0.2, -0.15) is 0 Å². The topological polar surface area (TPSA) is 46.9 Å². The summed E-state index contributed by atoms with van der Waals surface area (Å²) in [4.78, 5) is 17.0. The van der Waals surface area contributed by atoms with Gasteiger partial charge in [-0.1, -0.05) is 36.0 Å². The number of carbonyl (C=O) groups is 1. The van der Waals surface area contributed by atoms with Crippen molar-refractivity contribution in [3.8, 4) is 0 Å². The molecule has 1 amide bonds. The second-order valence-corrected chi connectivity index (χ2v) is 6.87. The summed E-state index contributed by atoms with van der Waals surface area (Å²) in [6.45, 7) is 3.91. The molecule has 0 aliphatic rings. The monoisotopic (exact) mass is 325 g/mol. The van der Waals surface area contributed by atoms with Gasteiger partial charge in [0.15, 0.2) is 5.16 Å². The highest BCUT2D eigenvalue weighted by Crippen LogP contribution is 2.26. The molecular weight excluding hydrogens is 306 g/mol. The van der Waals surface area contributed by atoms with Crippen molar-refractivity contribution in [2.75, 3.05) is 5.32 Å². The number of carbonyl (C=O) groups excluding carboxylic acids is 1. The van der Waals surface area contributed by atoms with Crippen molar-refractivity contribution in [1.29, 1.82) is 0 Å². The highest BCUT2D eigenvalue weighted by Gasteiger charge is 2.18. The van der Waals surface area contributed by atoms with Crippen LogP contribution in [0, 0.1) is 6.92 Å². The Labute approximate surface area is 139 Å². The van der Waals surface area contributed by atoms with E-state index in [2.05, 4.69) is 10.3 Å². The number of hydrogen-bond donors (Lipinski definition) is 1. The number of hydrogen-bond acceptors (Lipinski definition) is 3. The summed E-state index contributed by atoms with van der Waals surface area (Å²) in [6, 6.07) is 15.8. The number of imidazole rings is 1. The molecule has 0 unspecified atom stereocenters. The van der Waals surface area contributed by atoms with Crippen LogP contribution in [0.25, 0.3) is 11.0 Å². The third-order valence-corrected chi connectivity index (χ3v) is 4.83. The van der Waals surface area contributed by atoms with Crippen LogP contribution in [0.3, 0.4) is 0 Å². The molecule has 2 aromatic carbocycles. The third-order valence-electron chi connectivity index (χ3n) is 3.68.